The van der Waals surface area contributed by atoms with Crippen LogP contribution in [0.1, 0.15) is 24.2 Å². The van der Waals surface area contributed by atoms with Gasteiger partial charge in [0.25, 0.3) is 0 Å². The molecule has 6 heteroatoms. The fourth-order valence-electron chi connectivity index (χ4n) is 4.46. The summed E-state index contributed by atoms with van der Waals surface area (Å²) in [4.78, 5) is 12.3. The minimum Gasteiger partial charge on any atom is -0.510 e. The lowest BCUT2D eigenvalue weighted by Crippen LogP contribution is -2.45. The van der Waals surface area contributed by atoms with Gasteiger partial charge in [-0.3, -0.25) is 10.3 Å². The van der Waals surface area contributed by atoms with E-state index in [4.69, 9.17) is 5.41 Å². The Morgan fingerprint density at radius 3 is 2.52 bits per heavy atom. The molecule has 0 amide bonds. The summed E-state index contributed by atoms with van der Waals surface area (Å²) in [5.41, 5.74) is 3.64. The van der Waals surface area contributed by atoms with E-state index < -0.39 is 0 Å². The van der Waals surface area contributed by atoms with Crippen LogP contribution in [0.4, 0.5) is 0 Å². The minimum atomic E-state index is 0.237. The summed E-state index contributed by atoms with van der Waals surface area (Å²) in [6.07, 6.45) is 1.99. The molecule has 0 bridgehead atoms. The number of hydrogen-bond donors (Lipinski definition) is 3. The number of benzene rings is 2. The molecule has 3 N–H and O–H groups in total. The van der Waals surface area contributed by atoms with Crippen molar-refractivity contribution in [1.29, 1.82) is 5.41 Å². The first-order chi connectivity index (χ1) is 14.2. The lowest BCUT2D eigenvalue weighted by atomic mass is 10.0. The summed E-state index contributed by atoms with van der Waals surface area (Å²) in [5, 5.41) is 19.3. The second-order valence-corrected chi connectivity index (χ2v) is 7.89. The largest absolute Gasteiger partial charge is 0.510 e. The van der Waals surface area contributed by atoms with Crippen LogP contribution in [0.15, 0.2) is 60.4 Å². The highest BCUT2D eigenvalue weighted by atomic mass is 16.3. The standard InChI is InChI=1S/C23H25N5O/c24-22-21(23-25-18-8-4-5-9-19(18)26-23)20(29)15-28(22)17-10-12-27(13-11-17)14-16-6-2-1-3-7-16/h1-9,17,24,29H,10-15H2,(H,25,26). The molecule has 2 aliphatic rings. The average molecular weight is 387 g/mol. The Bertz CT molecular complexity index is 1030. The van der Waals surface area contributed by atoms with Crippen molar-refractivity contribution in [2.75, 3.05) is 19.6 Å². The van der Waals surface area contributed by atoms with Crippen molar-refractivity contribution in [2.24, 2.45) is 0 Å². The van der Waals surface area contributed by atoms with Crippen molar-refractivity contribution in [3.8, 4) is 0 Å². The number of para-hydroxylation sites is 2. The van der Waals surface area contributed by atoms with E-state index in [0.717, 1.165) is 43.5 Å². The van der Waals surface area contributed by atoms with Gasteiger partial charge in [0, 0.05) is 25.7 Å². The maximum atomic E-state index is 10.6. The Balaban J connectivity index is 1.26. The van der Waals surface area contributed by atoms with E-state index in [1.807, 2.05) is 35.2 Å². The van der Waals surface area contributed by atoms with Gasteiger partial charge in [0.05, 0.1) is 23.2 Å². The number of amidine groups is 1. The fraction of sp³-hybridized carbons (Fsp3) is 0.304. The molecular weight excluding hydrogens is 362 g/mol. The first-order valence-electron chi connectivity index (χ1n) is 10.2. The molecule has 6 nitrogen and oxygen atoms in total. The van der Waals surface area contributed by atoms with Gasteiger partial charge in [0.1, 0.15) is 17.4 Å². The van der Waals surface area contributed by atoms with Crippen molar-refractivity contribution in [3.63, 3.8) is 0 Å². The molecule has 3 aromatic rings. The molecular formula is C23H25N5O. The van der Waals surface area contributed by atoms with Crippen LogP contribution in [0.5, 0.6) is 0 Å². The lowest BCUT2D eigenvalue weighted by molar-refractivity contribution is 0.149. The van der Waals surface area contributed by atoms with Crippen LogP contribution >= 0.6 is 0 Å². The smallest absolute Gasteiger partial charge is 0.145 e. The SMILES string of the molecule is N=C1C(c2nc3ccccc3[nH]2)=C(O)CN1C1CCN(Cc2ccccc2)CC1. The molecule has 3 heterocycles. The zero-order valence-electron chi connectivity index (χ0n) is 16.3. The molecule has 1 saturated heterocycles. The van der Waals surface area contributed by atoms with Gasteiger partial charge < -0.3 is 15.0 Å². The van der Waals surface area contributed by atoms with E-state index in [-0.39, 0.29) is 11.8 Å². The predicted molar refractivity (Wildman–Crippen MR) is 115 cm³/mol. The van der Waals surface area contributed by atoms with E-state index in [0.29, 0.717) is 23.8 Å². The maximum absolute atomic E-state index is 10.6. The van der Waals surface area contributed by atoms with Gasteiger partial charge in [0.15, 0.2) is 0 Å². The number of aromatic amines is 1. The molecule has 0 saturated carbocycles. The van der Waals surface area contributed by atoms with Crippen LogP contribution in [-0.2, 0) is 6.54 Å². The van der Waals surface area contributed by atoms with Crippen molar-refractivity contribution >= 4 is 22.4 Å². The van der Waals surface area contributed by atoms with Crippen molar-refractivity contribution in [3.05, 3.63) is 71.7 Å². The summed E-state index contributed by atoms with van der Waals surface area (Å²) in [6.45, 7) is 3.38. The van der Waals surface area contributed by atoms with Gasteiger partial charge >= 0.3 is 0 Å². The molecule has 0 spiro atoms. The van der Waals surface area contributed by atoms with Crippen molar-refractivity contribution in [2.45, 2.75) is 25.4 Å². The molecule has 29 heavy (non-hydrogen) atoms. The Morgan fingerprint density at radius 1 is 1.03 bits per heavy atom. The number of fused-ring (bicyclic) bond motifs is 1. The summed E-state index contributed by atoms with van der Waals surface area (Å²) in [7, 11) is 0. The second-order valence-electron chi connectivity index (χ2n) is 7.89. The first kappa shape index (κ1) is 17.9. The lowest BCUT2D eigenvalue weighted by Gasteiger charge is -2.37. The zero-order chi connectivity index (χ0) is 19.8. The van der Waals surface area contributed by atoms with E-state index in [1.165, 1.54) is 5.56 Å². The van der Waals surface area contributed by atoms with Gasteiger partial charge in [-0.1, -0.05) is 42.5 Å². The molecule has 0 radical (unpaired) electrons. The molecule has 148 valence electrons. The molecule has 0 aliphatic carbocycles. The molecule has 5 rings (SSSR count). The Kier molecular flexibility index (Phi) is 4.56. The number of H-pyrrole nitrogens is 1. The third-order valence-corrected chi connectivity index (χ3v) is 6.01. The van der Waals surface area contributed by atoms with Crippen LogP contribution in [0.3, 0.4) is 0 Å². The number of imidazole rings is 1. The Hall–Kier alpha value is -3.12. The Morgan fingerprint density at radius 2 is 1.76 bits per heavy atom. The number of aromatic nitrogens is 2. The van der Waals surface area contributed by atoms with Crippen molar-refractivity contribution in [1.82, 2.24) is 19.8 Å². The number of hydrogen-bond acceptors (Lipinski definition) is 4. The zero-order valence-corrected chi connectivity index (χ0v) is 16.3. The van der Waals surface area contributed by atoms with Crippen molar-refractivity contribution < 1.29 is 5.11 Å². The van der Waals surface area contributed by atoms with Gasteiger partial charge in [-0.15, -0.1) is 0 Å². The summed E-state index contributed by atoms with van der Waals surface area (Å²) in [5.74, 6) is 1.20. The topological polar surface area (TPSA) is 79.2 Å². The molecule has 1 fully saturated rings. The molecule has 0 atom stereocenters. The predicted octanol–water partition coefficient (Wildman–Crippen LogP) is 3.79. The number of likely N-dealkylation sites (tertiary alicyclic amines) is 1. The van der Waals surface area contributed by atoms with Gasteiger partial charge in [0.2, 0.25) is 0 Å². The highest BCUT2D eigenvalue weighted by molar-refractivity contribution is 6.23. The summed E-state index contributed by atoms with van der Waals surface area (Å²) < 4.78 is 0. The molecule has 2 aromatic carbocycles. The van der Waals surface area contributed by atoms with E-state index in [1.54, 1.807) is 0 Å². The average Bonchev–Trinajstić information content (AvgIpc) is 3.29. The third kappa shape index (κ3) is 3.40. The van der Waals surface area contributed by atoms with Crippen LogP contribution < -0.4 is 0 Å². The molecule has 1 aromatic heterocycles. The monoisotopic (exact) mass is 387 g/mol. The maximum Gasteiger partial charge on any atom is 0.145 e. The number of nitrogens with one attached hydrogen (secondary N) is 2. The normalized spacial score (nSPS) is 18.9. The fourth-order valence-corrected chi connectivity index (χ4v) is 4.46. The van der Waals surface area contributed by atoms with Gasteiger partial charge in [-0.2, -0.15) is 0 Å². The number of aliphatic hydroxyl groups excluding tert-OH is 1. The van der Waals surface area contributed by atoms with E-state index in [9.17, 15) is 5.11 Å². The number of aliphatic hydroxyl groups is 1. The third-order valence-electron chi connectivity index (χ3n) is 6.01. The van der Waals surface area contributed by atoms with E-state index in [2.05, 4.69) is 39.1 Å². The minimum absolute atomic E-state index is 0.237. The second kappa shape index (κ2) is 7.37. The quantitative estimate of drug-likeness (QED) is 0.636. The number of piperidine rings is 1. The van der Waals surface area contributed by atoms with Crippen LogP contribution in [-0.4, -0.2) is 56.4 Å². The van der Waals surface area contributed by atoms with E-state index >= 15 is 0 Å². The number of nitrogens with zero attached hydrogens (tertiary/aromatic N) is 3. The highest BCUT2D eigenvalue weighted by Gasteiger charge is 2.35. The molecule has 0 unspecified atom stereocenters. The first-order valence-corrected chi connectivity index (χ1v) is 10.2. The number of rotatable bonds is 4. The van der Waals surface area contributed by atoms with Crippen LogP contribution in [0, 0.1) is 5.41 Å². The van der Waals surface area contributed by atoms with Gasteiger partial charge in [-0.05, 0) is 30.5 Å². The van der Waals surface area contributed by atoms with Crippen LogP contribution in [0.2, 0.25) is 0 Å². The Labute approximate surface area is 170 Å². The van der Waals surface area contributed by atoms with Gasteiger partial charge in [-0.25, -0.2) is 4.98 Å². The summed E-state index contributed by atoms with van der Waals surface area (Å²) >= 11 is 0. The summed E-state index contributed by atoms with van der Waals surface area (Å²) in [6, 6.07) is 18.6. The van der Waals surface area contributed by atoms with Crippen LogP contribution in [0.25, 0.3) is 16.6 Å². The highest BCUT2D eigenvalue weighted by Crippen LogP contribution is 2.31. The molecule has 2 aliphatic heterocycles.